The molecule has 0 saturated heterocycles. The molecule has 0 spiro atoms. The molecule has 71 heavy (non-hydrogen) atoms. The smallest absolute Gasteiger partial charge is 0.0778 e. The van der Waals surface area contributed by atoms with Crippen LogP contribution in [0.15, 0.2) is 249 Å². The molecule has 0 bridgehead atoms. The average molecular weight is 908 g/mol. The molecule has 3 nitrogen and oxygen atoms in total. The summed E-state index contributed by atoms with van der Waals surface area (Å²) >= 11 is 0. The van der Waals surface area contributed by atoms with Gasteiger partial charge in [0.1, 0.15) is 0 Å². The van der Waals surface area contributed by atoms with Gasteiger partial charge in [-0.05, 0) is 135 Å². The molecule has 2 heterocycles. The van der Waals surface area contributed by atoms with Gasteiger partial charge in [-0.1, -0.05) is 194 Å². The minimum absolute atomic E-state index is 0.602. The zero-order valence-corrected chi connectivity index (χ0v) is 39.7. The molecule has 0 saturated carbocycles. The van der Waals surface area contributed by atoms with E-state index in [1.165, 1.54) is 71.5 Å². The van der Waals surface area contributed by atoms with Gasteiger partial charge in [0.2, 0.25) is 0 Å². The fourth-order valence-corrected chi connectivity index (χ4v) is 11.6. The second-order valence-electron chi connectivity index (χ2n) is 18.5. The molecule has 0 atom stereocenters. The summed E-state index contributed by atoms with van der Waals surface area (Å²) in [5.41, 5.74) is 19.2. The van der Waals surface area contributed by atoms with Gasteiger partial charge in [0.25, 0.3) is 0 Å². The van der Waals surface area contributed by atoms with Gasteiger partial charge in [0, 0.05) is 38.4 Å². The molecule has 1 aliphatic carbocycles. The van der Waals surface area contributed by atoms with Gasteiger partial charge in [-0.15, -0.1) is 0 Å². The molecule has 12 aromatic rings. The van der Waals surface area contributed by atoms with Crippen molar-refractivity contribution >= 4 is 61.9 Å². The maximum Gasteiger partial charge on any atom is 0.0778 e. The number of anilines is 3. The summed E-state index contributed by atoms with van der Waals surface area (Å²) in [6.07, 6.45) is 6.38. The van der Waals surface area contributed by atoms with Gasteiger partial charge in [-0.3, -0.25) is 4.98 Å². The number of rotatable bonds is 8. The topological polar surface area (TPSA) is 21.1 Å². The maximum atomic E-state index is 5.24. The van der Waals surface area contributed by atoms with Crippen LogP contribution in [0.25, 0.3) is 83.9 Å². The summed E-state index contributed by atoms with van der Waals surface area (Å²) in [5, 5.41) is 5.95. The van der Waals surface area contributed by atoms with Crippen molar-refractivity contribution in [3.05, 3.63) is 282 Å². The minimum Gasteiger partial charge on any atom is -0.309 e. The van der Waals surface area contributed by atoms with E-state index < -0.39 is 5.41 Å². The molecule has 10 aromatic carbocycles. The van der Waals surface area contributed by atoms with Crippen LogP contribution in [0, 0.1) is 0 Å². The van der Waals surface area contributed by atoms with Crippen LogP contribution in [-0.4, -0.2) is 9.55 Å². The van der Waals surface area contributed by atoms with Crippen molar-refractivity contribution in [3.8, 4) is 39.1 Å². The number of para-hydroxylation sites is 2. The van der Waals surface area contributed by atoms with E-state index in [0.29, 0.717) is 0 Å². The SMILES string of the molecule is C/C=c1/ccc2cc(N(c3ccc(-c4ccc(-n5c6ccccc6c6ccccc65)cc4)cc3)c3ccc4c(c3)C(c3ccccc3)(c3ccccc3)c3cc(-c5ccccc5)ccc3-4)cnc2/c1=C/C. The second-order valence-corrected chi connectivity index (χ2v) is 18.5. The summed E-state index contributed by atoms with van der Waals surface area (Å²) in [6, 6.07) is 89.2. The third kappa shape index (κ3) is 6.76. The minimum atomic E-state index is -0.602. The van der Waals surface area contributed by atoms with Crippen LogP contribution < -0.4 is 15.3 Å². The van der Waals surface area contributed by atoms with E-state index >= 15 is 0 Å². The zero-order valence-electron chi connectivity index (χ0n) is 39.7. The molecule has 3 heteroatoms. The highest BCUT2D eigenvalue weighted by atomic mass is 15.1. The third-order valence-corrected chi connectivity index (χ3v) is 14.8. The lowest BCUT2D eigenvalue weighted by Gasteiger charge is -2.35. The van der Waals surface area contributed by atoms with Gasteiger partial charge in [-0.25, -0.2) is 0 Å². The highest BCUT2D eigenvalue weighted by Crippen LogP contribution is 2.58. The van der Waals surface area contributed by atoms with Crippen LogP contribution in [0.3, 0.4) is 0 Å². The Balaban J connectivity index is 0.977. The normalized spacial score (nSPS) is 13.2. The Morgan fingerprint density at radius 3 is 1.56 bits per heavy atom. The van der Waals surface area contributed by atoms with Crippen molar-refractivity contribution < 1.29 is 0 Å². The molecule has 0 unspecified atom stereocenters. The number of hydrogen-bond donors (Lipinski definition) is 0. The molecular formula is C68H49N3. The zero-order chi connectivity index (χ0) is 47.5. The predicted molar refractivity (Wildman–Crippen MR) is 298 cm³/mol. The summed E-state index contributed by atoms with van der Waals surface area (Å²) in [7, 11) is 0. The Bertz CT molecular complexity index is 4010. The van der Waals surface area contributed by atoms with Crippen molar-refractivity contribution in [2.24, 2.45) is 0 Å². The van der Waals surface area contributed by atoms with E-state index in [2.05, 4.69) is 278 Å². The third-order valence-electron chi connectivity index (χ3n) is 14.8. The quantitative estimate of drug-likeness (QED) is 0.151. The number of nitrogens with zero attached hydrogens (tertiary/aromatic N) is 3. The molecule has 0 amide bonds. The van der Waals surface area contributed by atoms with Gasteiger partial charge < -0.3 is 9.47 Å². The molecule has 0 radical (unpaired) electrons. The van der Waals surface area contributed by atoms with Crippen LogP contribution in [0.5, 0.6) is 0 Å². The van der Waals surface area contributed by atoms with Gasteiger partial charge in [0.05, 0.1) is 33.8 Å². The van der Waals surface area contributed by atoms with Crippen LogP contribution in [0.4, 0.5) is 17.1 Å². The Hall–Kier alpha value is -9.05. The number of aromatic nitrogens is 2. The Kier molecular flexibility index (Phi) is 10.2. The summed E-state index contributed by atoms with van der Waals surface area (Å²) < 4.78 is 2.37. The van der Waals surface area contributed by atoms with E-state index in [4.69, 9.17) is 4.98 Å². The second kappa shape index (κ2) is 17.2. The first-order valence-electron chi connectivity index (χ1n) is 24.6. The molecule has 0 N–H and O–H groups in total. The Morgan fingerprint density at radius 2 is 0.944 bits per heavy atom. The van der Waals surface area contributed by atoms with Crippen molar-refractivity contribution in [1.82, 2.24) is 9.55 Å². The Morgan fingerprint density at radius 1 is 0.423 bits per heavy atom. The fraction of sp³-hybridized carbons (Fsp3) is 0.0441. The van der Waals surface area contributed by atoms with Crippen molar-refractivity contribution in [2.45, 2.75) is 19.3 Å². The molecule has 2 aromatic heterocycles. The van der Waals surface area contributed by atoms with Crippen LogP contribution in [-0.2, 0) is 5.41 Å². The number of pyridine rings is 1. The first-order chi connectivity index (χ1) is 35.1. The highest BCUT2D eigenvalue weighted by Gasteiger charge is 2.46. The lowest BCUT2D eigenvalue weighted by molar-refractivity contribution is 0.768. The van der Waals surface area contributed by atoms with E-state index in [1.54, 1.807) is 0 Å². The van der Waals surface area contributed by atoms with Crippen LogP contribution in [0.1, 0.15) is 36.1 Å². The largest absolute Gasteiger partial charge is 0.309 e. The highest BCUT2D eigenvalue weighted by molar-refractivity contribution is 6.09. The van der Waals surface area contributed by atoms with Crippen molar-refractivity contribution in [2.75, 3.05) is 4.90 Å². The molecule has 0 fully saturated rings. The van der Waals surface area contributed by atoms with Gasteiger partial charge in [-0.2, -0.15) is 0 Å². The van der Waals surface area contributed by atoms with E-state index in [0.717, 1.165) is 50.0 Å². The average Bonchev–Trinajstić information content (AvgIpc) is 3.94. The lowest BCUT2D eigenvalue weighted by Crippen LogP contribution is -2.29. The van der Waals surface area contributed by atoms with Gasteiger partial charge in [0.15, 0.2) is 0 Å². The van der Waals surface area contributed by atoms with Crippen molar-refractivity contribution in [3.63, 3.8) is 0 Å². The molecule has 0 aliphatic heterocycles. The number of hydrogen-bond acceptors (Lipinski definition) is 2. The predicted octanol–water partition coefficient (Wildman–Crippen LogP) is 16.1. The number of fused-ring (bicyclic) bond motifs is 7. The molecule has 1 aliphatic rings. The lowest BCUT2D eigenvalue weighted by atomic mass is 9.67. The van der Waals surface area contributed by atoms with Crippen LogP contribution in [0.2, 0.25) is 0 Å². The standard InChI is InChI=1S/C68H49N3/c1-3-46-28-29-51-42-57(45-69-67(51)58(46)4-2)70(54-35-30-48(31-36-54)49-32-37-55(38-33-49)71-65-26-16-14-24-61(65)62-25-15-17-27-66(62)71)56-39-41-60-59-40-34-50(47-18-8-5-9-19-47)43-63(59)68(64(60)44-56,52-20-10-6-11-21-52)53-22-12-7-13-23-53/h3-45H,1-2H3/b46-3-,58-4+. The number of benzene rings is 10. The Labute approximate surface area is 414 Å². The molecular weight excluding hydrogens is 859 g/mol. The summed E-state index contributed by atoms with van der Waals surface area (Å²) in [6.45, 7) is 4.19. The molecule has 336 valence electrons. The first-order valence-corrected chi connectivity index (χ1v) is 24.6. The van der Waals surface area contributed by atoms with Crippen molar-refractivity contribution in [1.29, 1.82) is 0 Å². The molecule has 13 rings (SSSR count). The summed E-state index contributed by atoms with van der Waals surface area (Å²) in [5.74, 6) is 0. The van der Waals surface area contributed by atoms with E-state index in [9.17, 15) is 0 Å². The first kappa shape index (κ1) is 42.1. The summed E-state index contributed by atoms with van der Waals surface area (Å²) in [4.78, 5) is 7.62. The monoisotopic (exact) mass is 907 g/mol. The van der Waals surface area contributed by atoms with Crippen LogP contribution >= 0.6 is 0 Å². The maximum absolute atomic E-state index is 5.24. The van der Waals surface area contributed by atoms with E-state index in [1.807, 2.05) is 6.20 Å². The van der Waals surface area contributed by atoms with E-state index in [-0.39, 0.29) is 0 Å². The van der Waals surface area contributed by atoms with Gasteiger partial charge >= 0.3 is 0 Å². The fourth-order valence-electron chi connectivity index (χ4n) is 11.6.